The van der Waals surface area contributed by atoms with Crippen molar-refractivity contribution in [2.24, 2.45) is 0 Å². The van der Waals surface area contributed by atoms with Crippen LogP contribution in [0.2, 0.25) is 0 Å². The van der Waals surface area contributed by atoms with Crippen LogP contribution in [0.3, 0.4) is 0 Å². The van der Waals surface area contributed by atoms with Crippen molar-refractivity contribution < 1.29 is 9.90 Å². The largest absolute Gasteiger partial charge is 0.381 e. The fourth-order valence-electron chi connectivity index (χ4n) is 1.30. The van der Waals surface area contributed by atoms with Crippen LogP contribution in [0.5, 0.6) is 0 Å². The van der Waals surface area contributed by atoms with Crippen molar-refractivity contribution in [3.63, 3.8) is 0 Å². The van der Waals surface area contributed by atoms with Crippen molar-refractivity contribution in [2.75, 3.05) is 7.05 Å². The number of hydrogen-bond acceptors (Lipinski definition) is 3. The van der Waals surface area contributed by atoms with E-state index in [0.29, 0.717) is 6.54 Å². The molecule has 1 amide bonds. The molecule has 1 heterocycles. The Kier molecular flexibility index (Phi) is 3.42. The lowest BCUT2D eigenvalue weighted by molar-refractivity contribution is -0.146. The normalized spacial score (nSPS) is 11.2. The second kappa shape index (κ2) is 4.40. The summed E-state index contributed by atoms with van der Waals surface area (Å²) in [6.07, 6.45) is 3.36. The first-order valence-corrected chi connectivity index (χ1v) is 4.78. The van der Waals surface area contributed by atoms with E-state index >= 15 is 0 Å². The van der Waals surface area contributed by atoms with E-state index in [1.165, 1.54) is 18.7 Å². The van der Waals surface area contributed by atoms with E-state index in [2.05, 4.69) is 4.98 Å². The van der Waals surface area contributed by atoms with E-state index in [0.717, 1.165) is 5.56 Å². The lowest BCUT2D eigenvalue weighted by atomic mass is 10.1. The van der Waals surface area contributed by atoms with Crippen LogP contribution in [0.1, 0.15) is 19.4 Å². The van der Waals surface area contributed by atoms with Crippen LogP contribution in [0.25, 0.3) is 0 Å². The van der Waals surface area contributed by atoms with Crippen LogP contribution >= 0.6 is 0 Å². The molecule has 0 saturated carbocycles. The Hall–Kier alpha value is -1.42. The number of amides is 1. The van der Waals surface area contributed by atoms with Crippen molar-refractivity contribution in [1.82, 2.24) is 9.88 Å². The molecule has 0 unspecified atom stereocenters. The Morgan fingerprint density at radius 1 is 1.47 bits per heavy atom. The van der Waals surface area contributed by atoms with E-state index in [-0.39, 0.29) is 5.91 Å². The summed E-state index contributed by atoms with van der Waals surface area (Å²) in [6.45, 7) is 3.45. The Bertz CT molecular complexity index is 330. The molecule has 0 spiro atoms. The minimum absolute atomic E-state index is 0.292. The molecule has 0 radical (unpaired) electrons. The summed E-state index contributed by atoms with van der Waals surface area (Å²) in [6, 6.07) is 3.68. The molecule has 0 fully saturated rings. The summed E-state index contributed by atoms with van der Waals surface area (Å²) in [5, 5.41) is 9.53. The van der Waals surface area contributed by atoms with Gasteiger partial charge < -0.3 is 10.0 Å². The van der Waals surface area contributed by atoms with E-state index in [4.69, 9.17) is 0 Å². The third kappa shape index (κ3) is 3.32. The minimum Gasteiger partial charge on any atom is -0.381 e. The summed E-state index contributed by atoms with van der Waals surface area (Å²) >= 11 is 0. The maximum atomic E-state index is 11.6. The van der Waals surface area contributed by atoms with E-state index in [1.807, 2.05) is 12.1 Å². The van der Waals surface area contributed by atoms with Crippen LogP contribution in [0.4, 0.5) is 0 Å². The van der Waals surface area contributed by atoms with Crippen molar-refractivity contribution in [2.45, 2.75) is 26.0 Å². The van der Waals surface area contributed by atoms with Gasteiger partial charge in [-0.3, -0.25) is 9.78 Å². The van der Waals surface area contributed by atoms with Gasteiger partial charge in [0, 0.05) is 26.0 Å². The lowest BCUT2D eigenvalue weighted by Gasteiger charge is -2.24. The van der Waals surface area contributed by atoms with Gasteiger partial charge in [-0.15, -0.1) is 0 Å². The highest BCUT2D eigenvalue weighted by molar-refractivity contribution is 5.83. The first-order valence-electron chi connectivity index (χ1n) is 4.78. The highest BCUT2D eigenvalue weighted by Crippen LogP contribution is 2.09. The van der Waals surface area contributed by atoms with Gasteiger partial charge in [0.1, 0.15) is 5.60 Å². The number of hydrogen-bond donors (Lipinski definition) is 1. The average molecular weight is 208 g/mol. The van der Waals surface area contributed by atoms with Crippen LogP contribution in [-0.2, 0) is 11.3 Å². The van der Waals surface area contributed by atoms with Crippen LogP contribution < -0.4 is 0 Å². The standard InChI is InChI=1S/C11H16N2O2/c1-11(2,15)10(14)13(3)8-9-4-6-12-7-5-9/h4-7,15H,8H2,1-3H3. The maximum Gasteiger partial charge on any atom is 0.253 e. The minimum atomic E-state index is -1.32. The van der Waals surface area contributed by atoms with Gasteiger partial charge in [-0.05, 0) is 31.5 Å². The van der Waals surface area contributed by atoms with Gasteiger partial charge in [-0.1, -0.05) is 0 Å². The zero-order chi connectivity index (χ0) is 11.5. The number of carbonyl (C=O) groups is 1. The third-order valence-electron chi connectivity index (χ3n) is 2.04. The maximum absolute atomic E-state index is 11.6. The lowest BCUT2D eigenvalue weighted by Crippen LogP contribution is -2.42. The monoisotopic (exact) mass is 208 g/mol. The SMILES string of the molecule is CN(Cc1ccncc1)C(=O)C(C)(C)O. The van der Waals surface area contributed by atoms with Gasteiger partial charge in [0.25, 0.3) is 5.91 Å². The molecule has 82 valence electrons. The molecule has 0 aromatic carbocycles. The number of pyridine rings is 1. The average Bonchev–Trinajstić information content (AvgIpc) is 2.16. The molecule has 1 N–H and O–H groups in total. The molecule has 0 aliphatic rings. The molecular weight excluding hydrogens is 192 g/mol. The molecule has 0 aliphatic carbocycles. The Balaban J connectivity index is 2.65. The predicted octanol–water partition coefficient (Wildman–Crippen LogP) is 0.811. The first kappa shape index (κ1) is 11.7. The number of aliphatic hydroxyl groups is 1. The molecule has 4 nitrogen and oxygen atoms in total. The molecule has 0 atom stereocenters. The summed E-state index contributed by atoms with van der Waals surface area (Å²) < 4.78 is 0. The highest BCUT2D eigenvalue weighted by atomic mass is 16.3. The topological polar surface area (TPSA) is 53.4 Å². The summed E-state index contributed by atoms with van der Waals surface area (Å²) in [4.78, 5) is 17.0. The molecular formula is C11H16N2O2. The highest BCUT2D eigenvalue weighted by Gasteiger charge is 2.27. The molecule has 1 rings (SSSR count). The van der Waals surface area contributed by atoms with Crippen molar-refractivity contribution in [3.05, 3.63) is 30.1 Å². The molecule has 1 aromatic heterocycles. The molecule has 0 aliphatic heterocycles. The van der Waals surface area contributed by atoms with Crippen LogP contribution in [-0.4, -0.2) is 33.5 Å². The Morgan fingerprint density at radius 2 is 2.00 bits per heavy atom. The molecule has 0 saturated heterocycles. The second-order valence-corrected chi connectivity index (χ2v) is 4.08. The first-order chi connectivity index (χ1) is 6.91. The summed E-state index contributed by atoms with van der Waals surface area (Å²) in [7, 11) is 1.67. The Morgan fingerprint density at radius 3 is 2.47 bits per heavy atom. The van der Waals surface area contributed by atoms with E-state index in [1.54, 1.807) is 19.4 Å². The fraction of sp³-hybridized carbons (Fsp3) is 0.455. The van der Waals surface area contributed by atoms with Gasteiger partial charge in [0.05, 0.1) is 0 Å². The zero-order valence-corrected chi connectivity index (χ0v) is 9.27. The fourth-order valence-corrected chi connectivity index (χ4v) is 1.30. The second-order valence-electron chi connectivity index (χ2n) is 4.08. The van der Waals surface area contributed by atoms with Crippen molar-refractivity contribution >= 4 is 5.91 Å². The number of rotatable bonds is 3. The van der Waals surface area contributed by atoms with Gasteiger partial charge >= 0.3 is 0 Å². The smallest absolute Gasteiger partial charge is 0.253 e. The number of carbonyl (C=O) groups excluding carboxylic acids is 1. The summed E-state index contributed by atoms with van der Waals surface area (Å²) in [5.41, 5.74) is -0.327. The number of likely N-dealkylation sites (N-methyl/N-ethyl adjacent to an activating group) is 1. The zero-order valence-electron chi connectivity index (χ0n) is 9.27. The van der Waals surface area contributed by atoms with Crippen molar-refractivity contribution in [3.8, 4) is 0 Å². The van der Waals surface area contributed by atoms with Gasteiger partial charge in [0.15, 0.2) is 0 Å². The Labute approximate surface area is 89.6 Å². The molecule has 0 bridgehead atoms. The van der Waals surface area contributed by atoms with Crippen LogP contribution in [0.15, 0.2) is 24.5 Å². The summed E-state index contributed by atoms with van der Waals surface area (Å²) in [5.74, 6) is -0.292. The quantitative estimate of drug-likeness (QED) is 0.799. The molecule has 15 heavy (non-hydrogen) atoms. The van der Waals surface area contributed by atoms with Crippen LogP contribution in [0, 0.1) is 0 Å². The third-order valence-corrected chi connectivity index (χ3v) is 2.04. The van der Waals surface area contributed by atoms with E-state index < -0.39 is 5.60 Å². The number of aromatic nitrogens is 1. The van der Waals surface area contributed by atoms with Gasteiger partial charge in [-0.25, -0.2) is 0 Å². The predicted molar refractivity (Wildman–Crippen MR) is 57.0 cm³/mol. The molecule has 4 heteroatoms. The van der Waals surface area contributed by atoms with Gasteiger partial charge in [-0.2, -0.15) is 0 Å². The van der Waals surface area contributed by atoms with Crippen molar-refractivity contribution in [1.29, 1.82) is 0 Å². The number of nitrogens with zero attached hydrogens (tertiary/aromatic N) is 2. The molecule has 1 aromatic rings. The van der Waals surface area contributed by atoms with Gasteiger partial charge in [0.2, 0.25) is 0 Å². The van der Waals surface area contributed by atoms with E-state index in [9.17, 15) is 9.90 Å².